The normalized spacial score (nSPS) is 21.2. The Labute approximate surface area is 112 Å². The van der Waals surface area contributed by atoms with Gasteiger partial charge in [0.15, 0.2) is 0 Å². The lowest BCUT2D eigenvalue weighted by atomic mass is 9.86. The molecule has 3 heteroatoms. The second-order valence-electron chi connectivity index (χ2n) is 5.07. The number of nitrogens with zero attached hydrogens (tertiary/aromatic N) is 1. The molecule has 1 aromatic carbocycles. The van der Waals surface area contributed by atoms with E-state index in [1.807, 2.05) is 31.2 Å². The topological polar surface area (TPSA) is 42.4 Å². The van der Waals surface area contributed by atoms with Gasteiger partial charge in [-0.3, -0.25) is 4.98 Å². The summed E-state index contributed by atoms with van der Waals surface area (Å²) in [6.45, 7) is 2.01. The molecular weight excluding hydrogens is 238 g/mol. The number of benzene rings is 1. The summed E-state index contributed by atoms with van der Waals surface area (Å²) in [6.07, 6.45) is 5.10. The van der Waals surface area contributed by atoms with Crippen LogP contribution in [0.2, 0.25) is 0 Å². The average Bonchev–Trinajstić information content (AvgIpc) is 2.77. The predicted molar refractivity (Wildman–Crippen MR) is 73.3 cm³/mol. The highest BCUT2D eigenvalue weighted by Crippen LogP contribution is 2.44. The molecule has 19 heavy (non-hydrogen) atoms. The van der Waals surface area contributed by atoms with E-state index in [1.165, 1.54) is 5.56 Å². The third-order valence-electron chi connectivity index (χ3n) is 4.00. The monoisotopic (exact) mass is 255 g/mol. The van der Waals surface area contributed by atoms with E-state index in [0.717, 1.165) is 28.9 Å². The second kappa shape index (κ2) is 4.35. The number of aromatic nitrogens is 1. The van der Waals surface area contributed by atoms with Gasteiger partial charge in [0.25, 0.3) is 0 Å². The van der Waals surface area contributed by atoms with Crippen LogP contribution in [0.3, 0.4) is 0 Å². The maximum Gasteiger partial charge on any atom is 0.119 e. The highest BCUT2D eigenvalue weighted by molar-refractivity contribution is 5.49. The standard InChI is InChI=1S/C16H17NO2/c1-11-6-8-17-10-15(11)16(18)7-5-12-3-4-13(19-2)9-14(12)16/h3-4,6,8-10,18H,5,7H2,1-2H3. The molecule has 1 heterocycles. The fraction of sp³-hybridized carbons (Fsp3) is 0.312. The van der Waals surface area contributed by atoms with Crippen molar-refractivity contribution in [1.29, 1.82) is 0 Å². The maximum atomic E-state index is 11.1. The SMILES string of the molecule is COc1ccc2c(c1)C(O)(c1cnccc1C)CC2. The van der Waals surface area contributed by atoms with Crippen molar-refractivity contribution in [2.24, 2.45) is 0 Å². The third-order valence-corrected chi connectivity index (χ3v) is 4.00. The lowest BCUT2D eigenvalue weighted by Gasteiger charge is -2.26. The maximum absolute atomic E-state index is 11.1. The molecule has 3 nitrogen and oxygen atoms in total. The highest BCUT2D eigenvalue weighted by Gasteiger charge is 2.39. The molecule has 3 rings (SSSR count). The predicted octanol–water partition coefficient (Wildman–Crippen LogP) is 2.58. The summed E-state index contributed by atoms with van der Waals surface area (Å²) in [6, 6.07) is 7.86. The first-order chi connectivity index (χ1) is 9.15. The number of ether oxygens (including phenoxy) is 1. The Morgan fingerprint density at radius 2 is 2.11 bits per heavy atom. The molecule has 0 saturated carbocycles. The van der Waals surface area contributed by atoms with E-state index in [9.17, 15) is 5.11 Å². The number of pyridine rings is 1. The van der Waals surface area contributed by atoms with E-state index in [2.05, 4.69) is 4.98 Å². The lowest BCUT2D eigenvalue weighted by Crippen LogP contribution is -2.25. The second-order valence-corrected chi connectivity index (χ2v) is 5.07. The van der Waals surface area contributed by atoms with Crippen molar-refractivity contribution in [3.05, 3.63) is 58.9 Å². The Bertz CT molecular complexity index is 624. The number of hydrogen-bond acceptors (Lipinski definition) is 3. The van der Waals surface area contributed by atoms with Crippen LogP contribution in [0.15, 0.2) is 36.7 Å². The van der Waals surface area contributed by atoms with Crippen molar-refractivity contribution in [1.82, 2.24) is 4.98 Å². The van der Waals surface area contributed by atoms with Gasteiger partial charge in [0.2, 0.25) is 0 Å². The molecule has 1 N–H and O–H groups in total. The van der Waals surface area contributed by atoms with Crippen molar-refractivity contribution in [2.75, 3.05) is 7.11 Å². The van der Waals surface area contributed by atoms with Crippen molar-refractivity contribution in [3.8, 4) is 5.75 Å². The van der Waals surface area contributed by atoms with Crippen LogP contribution < -0.4 is 4.74 Å². The molecule has 0 aliphatic heterocycles. The van der Waals surface area contributed by atoms with Gasteiger partial charge in [-0.2, -0.15) is 0 Å². The van der Waals surface area contributed by atoms with Crippen molar-refractivity contribution < 1.29 is 9.84 Å². The van der Waals surface area contributed by atoms with Crippen LogP contribution in [0.25, 0.3) is 0 Å². The van der Waals surface area contributed by atoms with Gasteiger partial charge >= 0.3 is 0 Å². The van der Waals surface area contributed by atoms with Gasteiger partial charge < -0.3 is 9.84 Å². The van der Waals surface area contributed by atoms with E-state index in [1.54, 1.807) is 19.5 Å². The molecule has 0 amide bonds. The molecule has 0 bridgehead atoms. The molecule has 0 fully saturated rings. The minimum atomic E-state index is -0.942. The van der Waals surface area contributed by atoms with Crippen molar-refractivity contribution >= 4 is 0 Å². The summed E-state index contributed by atoms with van der Waals surface area (Å²) in [4.78, 5) is 4.16. The van der Waals surface area contributed by atoms with Gasteiger partial charge in [-0.05, 0) is 54.7 Å². The molecule has 1 aliphatic carbocycles. The fourth-order valence-corrected chi connectivity index (χ4v) is 2.91. The van der Waals surface area contributed by atoms with E-state index in [4.69, 9.17) is 4.74 Å². The first-order valence-corrected chi connectivity index (χ1v) is 6.46. The number of rotatable bonds is 2. The Kier molecular flexibility index (Phi) is 2.79. The fourth-order valence-electron chi connectivity index (χ4n) is 2.91. The number of methoxy groups -OCH3 is 1. The van der Waals surface area contributed by atoms with Crippen molar-refractivity contribution in [2.45, 2.75) is 25.4 Å². The quantitative estimate of drug-likeness (QED) is 0.896. The van der Waals surface area contributed by atoms with Gasteiger partial charge in [0, 0.05) is 18.0 Å². The zero-order valence-corrected chi connectivity index (χ0v) is 11.2. The summed E-state index contributed by atoms with van der Waals surface area (Å²) in [7, 11) is 1.64. The van der Waals surface area contributed by atoms with Crippen LogP contribution in [-0.4, -0.2) is 17.2 Å². The molecule has 1 aromatic heterocycles. The summed E-state index contributed by atoms with van der Waals surface area (Å²) in [5.74, 6) is 0.778. The van der Waals surface area contributed by atoms with Crippen LogP contribution in [0.5, 0.6) is 5.75 Å². The van der Waals surface area contributed by atoms with Crippen molar-refractivity contribution in [3.63, 3.8) is 0 Å². The van der Waals surface area contributed by atoms with Crippen LogP contribution in [0.4, 0.5) is 0 Å². The number of hydrogen-bond donors (Lipinski definition) is 1. The molecule has 0 radical (unpaired) electrons. The Morgan fingerprint density at radius 1 is 1.26 bits per heavy atom. The lowest BCUT2D eigenvalue weighted by molar-refractivity contribution is 0.0817. The summed E-state index contributed by atoms with van der Waals surface area (Å²) in [5, 5.41) is 11.1. The minimum Gasteiger partial charge on any atom is -0.497 e. The van der Waals surface area contributed by atoms with E-state index in [-0.39, 0.29) is 0 Å². The number of fused-ring (bicyclic) bond motifs is 1. The molecule has 1 unspecified atom stereocenters. The number of aliphatic hydroxyl groups is 1. The largest absolute Gasteiger partial charge is 0.497 e. The Morgan fingerprint density at radius 3 is 2.84 bits per heavy atom. The van der Waals surface area contributed by atoms with Crippen LogP contribution in [0.1, 0.15) is 28.7 Å². The van der Waals surface area contributed by atoms with Crippen LogP contribution in [-0.2, 0) is 12.0 Å². The first-order valence-electron chi connectivity index (χ1n) is 6.46. The Hall–Kier alpha value is -1.87. The molecule has 98 valence electrons. The highest BCUT2D eigenvalue weighted by atomic mass is 16.5. The molecule has 0 spiro atoms. The molecule has 1 atom stereocenters. The molecular formula is C16H17NO2. The first kappa shape index (κ1) is 12.2. The molecule has 1 aliphatic rings. The molecule has 0 saturated heterocycles. The average molecular weight is 255 g/mol. The van der Waals surface area contributed by atoms with Gasteiger partial charge in [-0.25, -0.2) is 0 Å². The zero-order chi connectivity index (χ0) is 13.5. The molecule has 2 aromatic rings. The minimum absolute atomic E-state index is 0.696. The van der Waals surface area contributed by atoms with E-state index >= 15 is 0 Å². The van der Waals surface area contributed by atoms with Gasteiger partial charge in [0.05, 0.1) is 7.11 Å². The van der Waals surface area contributed by atoms with Gasteiger partial charge in [0.1, 0.15) is 11.4 Å². The van der Waals surface area contributed by atoms with Crippen LogP contribution in [0, 0.1) is 6.92 Å². The van der Waals surface area contributed by atoms with E-state index in [0.29, 0.717) is 6.42 Å². The van der Waals surface area contributed by atoms with Gasteiger partial charge in [-0.15, -0.1) is 0 Å². The summed E-state index contributed by atoms with van der Waals surface area (Å²) in [5.41, 5.74) is 3.15. The summed E-state index contributed by atoms with van der Waals surface area (Å²) < 4.78 is 5.27. The Balaban J connectivity index is 2.17. The zero-order valence-electron chi connectivity index (χ0n) is 11.2. The summed E-state index contributed by atoms with van der Waals surface area (Å²) >= 11 is 0. The smallest absolute Gasteiger partial charge is 0.119 e. The van der Waals surface area contributed by atoms with Gasteiger partial charge in [-0.1, -0.05) is 6.07 Å². The number of aryl methyl sites for hydroxylation is 2. The third kappa shape index (κ3) is 1.81. The van der Waals surface area contributed by atoms with Crippen LogP contribution >= 0.6 is 0 Å². The van der Waals surface area contributed by atoms with E-state index < -0.39 is 5.60 Å².